The minimum Gasteiger partial charge on any atom is -0.479 e. The zero-order valence-electron chi connectivity index (χ0n) is 19.6. The van der Waals surface area contributed by atoms with Gasteiger partial charge < -0.3 is 30.1 Å². The van der Waals surface area contributed by atoms with E-state index in [4.69, 9.17) is 25.2 Å². The number of aliphatic hydroxyl groups is 2. The quantitative estimate of drug-likeness (QED) is 0.419. The van der Waals surface area contributed by atoms with Crippen LogP contribution in [0.25, 0.3) is 0 Å². The fourth-order valence-electron chi connectivity index (χ4n) is 4.66. The number of amides is 1. The molecule has 4 atom stereocenters. The summed E-state index contributed by atoms with van der Waals surface area (Å²) in [5.74, 6) is -2.96. The lowest BCUT2D eigenvalue weighted by Gasteiger charge is -2.32. The number of benzene rings is 2. The first-order valence-electron chi connectivity index (χ1n) is 10.9. The Morgan fingerprint density at radius 2 is 1.63 bits per heavy atom. The van der Waals surface area contributed by atoms with Gasteiger partial charge in [-0.05, 0) is 49.4 Å². The van der Waals surface area contributed by atoms with Gasteiger partial charge in [0.05, 0.1) is 6.17 Å². The summed E-state index contributed by atoms with van der Waals surface area (Å²) in [5, 5.41) is 35.3. The van der Waals surface area contributed by atoms with Crippen LogP contribution in [0.15, 0.2) is 48.5 Å². The van der Waals surface area contributed by atoms with E-state index in [1.54, 1.807) is 0 Å². The number of carboxylic acids is 2. The van der Waals surface area contributed by atoms with E-state index in [1.165, 1.54) is 11.3 Å². The molecule has 1 saturated heterocycles. The Morgan fingerprint density at radius 3 is 2.20 bits per heavy atom. The zero-order valence-corrected chi connectivity index (χ0v) is 19.6. The number of carbonyl (C=O) groups excluding carboxylic acids is 1. The van der Waals surface area contributed by atoms with Gasteiger partial charge in [-0.1, -0.05) is 25.1 Å². The summed E-state index contributed by atoms with van der Waals surface area (Å²) in [6.45, 7) is 3.38. The van der Waals surface area contributed by atoms with Crippen LogP contribution in [-0.2, 0) is 15.0 Å². The van der Waals surface area contributed by atoms with Gasteiger partial charge in [0.15, 0.2) is 12.2 Å². The molecule has 4 rings (SSSR count). The van der Waals surface area contributed by atoms with Crippen LogP contribution in [0.2, 0.25) is 0 Å². The first kappa shape index (κ1) is 25.9. The molecular weight excluding hydrogens is 458 g/mol. The molecule has 5 N–H and O–H groups in total. The molecule has 0 saturated carbocycles. The predicted octanol–water partition coefficient (Wildman–Crippen LogP) is 1.54. The molecule has 2 aromatic carbocycles. The minimum atomic E-state index is -2.27. The molecule has 2 aliphatic heterocycles. The SMILES string of the molecule is CN1CC[C@@]2(C)c3cc(OC(=O)Nc4ccccc4)ccc3N(C)[C@@H]12.O=C(O)[C@H](O)[C@@H](O)C(=O)O. The number of nitrogens with one attached hydrogen (secondary N) is 1. The van der Waals surface area contributed by atoms with Gasteiger partial charge in [0.25, 0.3) is 0 Å². The van der Waals surface area contributed by atoms with Gasteiger partial charge >= 0.3 is 18.0 Å². The highest BCUT2D eigenvalue weighted by atomic mass is 16.6. The van der Waals surface area contributed by atoms with Crippen molar-refractivity contribution in [2.24, 2.45) is 0 Å². The summed E-state index contributed by atoms with van der Waals surface area (Å²) in [7, 11) is 4.31. The highest BCUT2D eigenvalue weighted by molar-refractivity contribution is 5.86. The molecule has 0 radical (unpaired) electrons. The van der Waals surface area contributed by atoms with Crippen LogP contribution < -0.4 is 15.0 Å². The van der Waals surface area contributed by atoms with E-state index in [1.807, 2.05) is 42.5 Å². The number of rotatable bonds is 5. The maximum absolute atomic E-state index is 12.2. The predicted molar refractivity (Wildman–Crippen MR) is 127 cm³/mol. The number of fused-ring (bicyclic) bond motifs is 3. The zero-order chi connectivity index (χ0) is 25.9. The summed E-state index contributed by atoms with van der Waals surface area (Å²) >= 11 is 0. The number of hydrogen-bond acceptors (Lipinski definition) is 8. The Morgan fingerprint density at radius 1 is 1.03 bits per heavy atom. The average Bonchev–Trinajstić information content (AvgIpc) is 3.24. The minimum absolute atomic E-state index is 0.0636. The van der Waals surface area contributed by atoms with E-state index >= 15 is 0 Å². The second-order valence-electron chi connectivity index (χ2n) is 8.76. The Bertz CT molecular complexity index is 1080. The Balaban J connectivity index is 0.000000292. The van der Waals surface area contributed by atoms with Crippen molar-refractivity contribution < 1.29 is 39.5 Å². The average molecular weight is 488 g/mol. The number of carboxylic acid groups (broad SMARTS) is 2. The molecule has 0 aliphatic carbocycles. The number of carbonyl (C=O) groups is 3. The van der Waals surface area contributed by atoms with Gasteiger partial charge in [-0.2, -0.15) is 0 Å². The van der Waals surface area contributed by atoms with E-state index in [9.17, 15) is 14.4 Å². The monoisotopic (exact) mass is 487 g/mol. The highest BCUT2D eigenvalue weighted by Crippen LogP contribution is 2.51. The van der Waals surface area contributed by atoms with Gasteiger partial charge in [0.1, 0.15) is 5.75 Å². The molecule has 35 heavy (non-hydrogen) atoms. The van der Waals surface area contributed by atoms with Crippen molar-refractivity contribution in [2.45, 2.75) is 37.1 Å². The normalized spacial score (nSPS) is 22.2. The second-order valence-corrected chi connectivity index (χ2v) is 8.76. The van der Waals surface area contributed by atoms with Crippen LogP contribution in [0.3, 0.4) is 0 Å². The van der Waals surface area contributed by atoms with Gasteiger partial charge in [0, 0.05) is 30.4 Å². The maximum Gasteiger partial charge on any atom is 0.417 e. The van der Waals surface area contributed by atoms with Crippen LogP contribution in [0.5, 0.6) is 5.75 Å². The molecule has 1 amide bonds. The molecule has 0 aromatic heterocycles. The van der Waals surface area contributed by atoms with E-state index in [-0.39, 0.29) is 5.41 Å². The lowest BCUT2D eigenvalue weighted by Crippen LogP contribution is -2.45. The Labute approximate surface area is 202 Å². The van der Waals surface area contributed by atoms with Gasteiger partial charge in [0.2, 0.25) is 0 Å². The fraction of sp³-hybridized carbons (Fsp3) is 0.375. The summed E-state index contributed by atoms with van der Waals surface area (Å²) in [6.07, 6.45) is -3.54. The Hall–Kier alpha value is -3.67. The molecule has 0 unspecified atom stereocenters. The number of aliphatic carboxylic acids is 2. The van der Waals surface area contributed by atoms with Crippen molar-refractivity contribution in [1.82, 2.24) is 4.90 Å². The topological polar surface area (TPSA) is 160 Å². The number of likely N-dealkylation sites (N-methyl/N-ethyl adjacent to an activating group) is 2. The van der Waals surface area contributed by atoms with Crippen molar-refractivity contribution in [3.05, 3.63) is 54.1 Å². The van der Waals surface area contributed by atoms with E-state index < -0.39 is 30.2 Å². The number of likely N-dealkylation sites (tertiary alicyclic amines) is 1. The van der Waals surface area contributed by atoms with Crippen molar-refractivity contribution in [3.63, 3.8) is 0 Å². The largest absolute Gasteiger partial charge is 0.479 e. The van der Waals surface area contributed by atoms with Crippen LogP contribution in [0, 0.1) is 0 Å². The van der Waals surface area contributed by atoms with Crippen LogP contribution in [-0.4, -0.2) is 82.4 Å². The highest BCUT2D eigenvalue weighted by Gasteiger charge is 2.52. The number of hydrogen-bond donors (Lipinski definition) is 5. The summed E-state index contributed by atoms with van der Waals surface area (Å²) in [4.78, 5) is 36.4. The standard InChI is InChI=1S/C20H23N3O2.C4H6O6/c1-20-11-12-22(2)18(20)23(3)17-10-9-15(13-16(17)20)25-19(24)21-14-7-5-4-6-8-14;5-1(3(7)8)2(6)4(9)10/h4-10,13,18H,11-12H2,1-3H3,(H,21,24);1-2,5-6H,(H,7,8)(H,9,10)/t18-,20+;1-,2-/m11/s1. The molecular formula is C24H29N3O8. The van der Waals surface area contributed by atoms with Crippen LogP contribution in [0.4, 0.5) is 16.2 Å². The summed E-state index contributed by atoms with van der Waals surface area (Å²) in [6, 6.07) is 15.3. The molecule has 0 spiro atoms. The molecule has 2 aromatic rings. The van der Waals surface area contributed by atoms with E-state index in [0.29, 0.717) is 11.9 Å². The number of aliphatic hydroxyl groups excluding tert-OH is 2. The number of ether oxygens (including phenoxy) is 1. The lowest BCUT2D eigenvalue weighted by molar-refractivity contribution is -0.165. The third kappa shape index (κ3) is 5.37. The number of para-hydroxylation sites is 1. The molecule has 2 heterocycles. The van der Waals surface area contributed by atoms with Gasteiger partial charge in [-0.25, -0.2) is 14.4 Å². The second kappa shape index (κ2) is 10.3. The molecule has 188 valence electrons. The fourth-order valence-corrected chi connectivity index (χ4v) is 4.66. The Kier molecular flexibility index (Phi) is 7.64. The number of nitrogens with zero attached hydrogens (tertiary/aromatic N) is 2. The summed E-state index contributed by atoms with van der Waals surface area (Å²) < 4.78 is 5.52. The maximum atomic E-state index is 12.2. The molecule has 11 heteroatoms. The third-order valence-corrected chi connectivity index (χ3v) is 6.34. The summed E-state index contributed by atoms with van der Waals surface area (Å²) in [5.41, 5.74) is 3.26. The number of anilines is 2. The van der Waals surface area contributed by atoms with Crippen LogP contribution >= 0.6 is 0 Å². The van der Waals surface area contributed by atoms with Gasteiger partial charge in [-0.3, -0.25) is 10.2 Å². The van der Waals surface area contributed by atoms with Gasteiger partial charge in [-0.15, -0.1) is 0 Å². The third-order valence-electron chi connectivity index (χ3n) is 6.34. The smallest absolute Gasteiger partial charge is 0.417 e. The van der Waals surface area contributed by atoms with E-state index in [2.05, 4.69) is 42.2 Å². The van der Waals surface area contributed by atoms with Crippen molar-refractivity contribution in [3.8, 4) is 5.75 Å². The molecule has 11 nitrogen and oxygen atoms in total. The van der Waals surface area contributed by atoms with Crippen LogP contribution in [0.1, 0.15) is 18.9 Å². The lowest BCUT2D eigenvalue weighted by atomic mass is 9.81. The van der Waals surface area contributed by atoms with Crippen molar-refractivity contribution >= 4 is 29.4 Å². The van der Waals surface area contributed by atoms with Crippen molar-refractivity contribution in [2.75, 3.05) is 30.9 Å². The first-order chi connectivity index (χ1) is 16.5. The van der Waals surface area contributed by atoms with E-state index in [0.717, 1.165) is 18.7 Å². The molecule has 0 bridgehead atoms. The molecule has 2 aliphatic rings. The first-order valence-corrected chi connectivity index (χ1v) is 10.9. The van der Waals surface area contributed by atoms with Crippen molar-refractivity contribution in [1.29, 1.82) is 0 Å². The molecule has 1 fully saturated rings.